The molecule has 2 heterocycles. The van der Waals surface area contributed by atoms with E-state index >= 15 is 0 Å². The molecule has 0 aliphatic carbocycles. The second-order valence-electron chi connectivity index (χ2n) is 10.9. The molecular weight excluding hydrogens is 502 g/mol. The molecule has 1 N–H and O–H groups in total. The van der Waals surface area contributed by atoms with Gasteiger partial charge in [-0.1, -0.05) is 66.7 Å². The maximum Gasteiger partial charge on any atom is 0.321 e. The van der Waals surface area contributed by atoms with Gasteiger partial charge in [0.05, 0.1) is 6.67 Å². The normalized spacial score (nSPS) is 16.4. The van der Waals surface area contributed by atoms with Crippen LogP contribution in [0.15, 0.2) is 78.9 Å². The van der Waals surface area contributed by atoms with Gasteiger partial charge >= 0.3 is 6.03 Å². The Morgan fingerprint density at radius 1 is 0.875 bits per heavy atom. The number of urea groups is 1. The average molecular weight is 540 g/mol. The summed E-state index contributed by atoms with van der Waals surface area (Å²) in [6.45, 7) is 5.70. The number of rotatable bonds is 6. The molecule has 8 nitrogen and oxygen atoms in total. The third-order valence-corrected chi connectivity index (χ3v) is 8.19. The average Bonchev–Trinajstić information content (AvgIpc) is 3.22. The Morgan fingerprint density at radius 3 is 2.10 bits per heavy atom. The predicted molar refractivity (Wildman–Crippen MR) is 157 cm³/mol. The lowest BCUT2D eigenvalue weighted by atomic mass is 9.85. The van der Waals surface area contributed by atoms with Crippen LogP contribution < -0.4 is 10.2 Å². The zero-order chi connectivity index (χ0) is 28.3. The highest BCUT2D eigenvalue weighted by Crippen LogP contribution is 2.39. The fraction of sp³-hybridized carbons (Fsp3) is 0.344. The van der Waals surface area contributed by atoms with Gasteiger partial charge in [0.1, 0.15) is 12.1 Å². The van der Waals surface area contributed by atoms with Gasteiger partial charge in [0.25, 0.3) is 5.91 Å². The second-order valence-corrected chi connectivity index (χ2v) is 10.9. The lowest BCUT2D eigenvalue weighted by molar-refractivity contribution is -0.140. The van der Waals surface area contributed by atoms with Gasteiger partial charge in [-0.3, -0.25) is 9.59 Å². The van der Waals surface area contributed by atoms with Crippen LogP contribution in [0.2, 0.25) is 0 Å². The zero-order valence-corrected chi connectivity index (χ0v) is 23.5. The van der Waals surface area contributed by atoms with Gasteiger partial charge in [-0.25, -0.2) is 4.79 Å². The van der Waals surface area contributed by atoms with Crippen LogP contribution in [-0.4, -0.2) is 71.4 Å². The number of benzene rings is 3. The fourth-order valence-corrected chi connectivity index (χ4v) is 5.83. The van der Waals surface area contributed by atoms with Crippen LogP contribution in [0.5, 0.6) is 0 Å². The number of aryl methyl sites for hydroxylation is 2. The van der Waals surface area contributed by atoms with E-state index in [0.29, 0.717) is 39.1 Å². The van der Waals surface area contributed by atoms with E-state index in [4.69, 9.17) is 0 Å². The molecule has 0 radical (unpaired) electrons. The number of hydrogen-bond donors (Lipinski definition) is 1. The van der Waals surface area contributed by atoms with Crippen molar-refractivity contribution in [2.75, 3.05) is 43.6 Å². The molecule has 1 spiro atoms. The summed E-state index contributed by atoms with van der Waals surface area (Å²) < 4.78 is 0. The van der Waals surface area contributed by atoms with Gasteiger partial charge in [-0.2, -0.15) is 0 Å². The van der Waals surface area contributed by atoms with E-state index in [1.54, 1.807) is 21.7 Å². The first-order valence-electron chi connectivity index (χ1n) is 13.8. The summed E-state index contributed by atoms with van der Waals surface area (Å²) >= 11 is 0. The number of hydrogen-bond acceptors (Lipinski definition) is 4. The lowest BCUT2D eigenvalue weighted by Gasteiger charge is -2.43. The molecule has 8 heteroatoms. The molecule has 2 saturated heterocycles. The zero-order valence-electron chi connectivity index (χ0n) is 23.5. The molecular formula is C32H37N5O3. The first-order valence-corrected chi connectivity index (χ1v) is 13.8. The molecule has 0 atom stereocenters. The number of para-hydroxylation sites is 2. The van der Waals surface area contributed by atoms with Crippen LogP contribution in [0.25, 0.3) is 0 Å². The first-order chi connectivity index (χ1) is 19.3. The monoisotopic (exact) mass is 539 g/mol. The summed E-state index contributed by atoms with van der Waals surface area (Å²) in [5.41, 5.74) is 4.05. The molecule has 3 aromatic carbocycles. The Hall–Kier alpha value is -4.33. The number of piperidine rings is 1. The number of carbonyl (C=O) groups excluding carboxylic acids is 3. The molecule has 0 unspecified atom stereocenters. The van der Waals surface area contributed by atoms with Crippen molar-refractivity contribution in [3.8, 4) is 0 Å². The van der Waals surface area contributed by atoms with Crippen molar-refractivity contribution >= 4 is 29.2 Å². The Bertz CT molecular complexity index is 1350. The van der Waals surface area contributed by atoms with E-state index < -0.39 is 5.54 Å². The maximum absolute atomic E-state index is 14.0. The van der Waals surface area contributed by atoms with Crippen LogP contribution in [0.3, 0.4) is 0 Å². The number of likely N-dealkylation sites (tertiary alicyclic amines) is 1. The van der Waals surface area contributed by atoms with Crippen molar-refractivity contribution in [1.82, 2.24) is 14.7 Å². The van der Waals surface area contributed by atoms with E-state index in [9.17, 15) is 14.4 Å². The van der Waals surface area contributed by atoms with Crippen LogP contribution in [0.4, 0.5) is 16.2 Å². The molecule has 2 aliphatic rings. The van der Waals surface area contributed by atoms with Crippen molar-refractivity contribution in [3.63, 3.8) is 0 Å². The summed E-state index contributed by atoms with van der Waals surface area (Å²) in [6.07, 6.45) is 0.983. The summed E-state index contributed by atoms with van der Waals surface area (Å²) in [6, 6.07) is 25.5. The van der Waals surface area contributed by atoms with Gasteiger partial charge in [-0.15, -0.1) is 0 Å². The predicted octanol–water partition coefficient (Wildman–Crippen LogP) is 4.63. The number of nitrogens with one attached hydrogen (secondary N) is 1. The van der Waals surface area contributed by atoms with Crippen molar-refractivity contribution in [3.05, 3.63) is 95.6 Å². The van der Waals surface area contributed by atoms with E-state index in [1.165, 1.54) is 0 Å². The highest BCUT2D eigenvalue weighted by molar-refractivity contribution is 5.97. The Kier molecular flexibility index (Phi) is 7.78. The molecule has 0 bridgehead atoms. The van der Waals surface area contributed by atoms with Gasteiger partial charge in [0, 0.05) is 38.1 Å². The van der Waals surface area contributed by atoms with Crippen molar-refractivity contribution in [2.45, 2.75) is 38.8 Å². The Morgan fingerprint density at radius 2 is 1.48 bits per heavy atom. The summed E-state index contributed by atoms with van der Waals surface area (Å²) in [5.74, 6) is -0.153. The fourth-order valence-electron chi connectivity index (χ4n) is 5.83. The standard InChI is InChI=1S/C32H37N5O3/c1-24-11-10-12-25(2)29(24)33-31(40)35-19-17-32(18-20-35)30(39)36(23-37(32)27-15-8-5-9-16-27)22-28(38)34(3)21-26-13-6-4-7-14-26/h4-16H,17-23H2,1-3H3,(H,33,40). The van der Waals surface area contributed by atoms with E-state index in [1.807, 2.05) is 92.7 Å². The van der Waals surface area contributed by atoms with Crippen molar-refractivity contribution in [2.24, 2.45) is 0 Å². The molecule has 2 aliphatic heterocycles. The van der Waals surface area contributed by atoms with Crippen LogP contribution in [0, 0.1) is 13.8 Å². The Labute approximate surface area is 236 Å². The number of anilines is 2. The molecule has 40 heavy (non-hydrogen) atoms. The third-order valence-electron chi connectivity index (χ3n) is 8.19. The number of amides is 4. The minimum Gasteiger partial charge on any atom is -0.340 e. The second kappa shape index (κ2) is 11.4. The van der Waals surface area contributed by atoms with Gasteiger partial charge in [0.2, 0.25) is 5.91 Å². The summed E-state index contributed by atoms with van der Waals surface area (Å²) in [5, 5.41) is 3.08. The summed E-state index contributed by atoms with van der Waals surface area (Å²) in [4.78, 5) is 47.7. The molecule has 3 aromatic rings. The van der Waals surface area contributed by atoms with Crippen molar-refractivity contribution in [1.29, 1.82) is 0 Å². The SMILES string of the molecule is Cc1cccc(C)c1NC(=O)N1CCC2(CC1)C(=O)N(CC(=O)N(C)Cc1ccccc1)CN2c1ccccc1. The smallest absolute Gasteiger partial charge is 0.321 e. The first kappa shape index (κ1) is 27.2. The topological polar surface area (TPSA) is 76.2 Å². The van der Waals surface area contributed by atoms with E-state index in [-0.39, 0.29) is 24.4 Å². The molecule has 4 amide bonds. The van der Waals surface area contributed by atoms with Crippen LogP contribution in [0.1, 0.15) is 29.5 Å². The van der Waals surface area contributed by atoms with Crippen molar-refractivity contribution < 1.29 is 14.4 Å². The molecule has 5 rings (SSSR count). The minimum absolute atomic E-state index is 0.0179. The van der Waals surface area contributed by atoms with Gasteiger partial charge in [-0.05, 0) is 55.5 Å². The summed E-state index contributed by atoms with van der Waals surface area (Å²) in [7, 11) is 1.77. The number of likely N-dealkylation sites (N-methyl/N-ethyl adjacent to an activating group) is 1. The Balaban J connectivity index is 1.30. The minimum atomic E-state index is -0.797. The van der Waals surface area contributed by atoms with E-state index in [2.05, 4.69) is 10.2 Å². The van der Waals surface area contributed by atoms with Gasteiger partial charge in [0.15, 0.2) is 0 Å². The molecule has 0 aromatic heterocycles. The number of carbonyl (C=O) groups is 3. The molecule has 208 valence electrons. The highest BCUT2D eigenvalue weighted by Gasteiger charge is 2.54. The lowest BCUT2D eigenvalue weighted by Crippen LogP contribution is -2.58. The van der Waals surface area contributed by atoms with Gasteiger partial charge < -0.3 is 24.9 Å². The van der Waals surface area contributed by atoms with Crippen LogP contribution in [-0.2, 0) is 16.1 Å². The highest BCUT2D eigenvalue weighted by atomic mass is 16.2. The van der Waals surface area contributed by atoms with Crippen LogP contribution >= 0.6 is 0 Å². The molecule has 2 fully saturated rings. The maximum atomic E-state index is 14.0. The quantitative estimate of drug-likeness (QED) is 0.496. The number of nitrogens with zero attached hydrogens (tertiary/aromatic N) is 4. The third kappa shape index (κ3) is 5.39. The largest absolute Gasteiger partial charge is 0.340 e. The van der Waals surface area contributed by atoms with E-state index in [0.717, 1.165) is 28.1 Å². The molecule has 0 saturated carbocycles.